The third-order valence-corrected chi connectivity index (χ3v) is 10.1. The molecule has 0 aliphatic heterocycles. The van der Waals surface area contributed by atoms with Gasteiger partial charge in [0.15, 0.2) is 0 Å². The first kappa shape index (κ1) is 20.7. The summed E-state index contributed by atoms with van der Waals surface area (Å²) in [4.78, 5) is 12.6. The summed E-state index contributed by atoms with van der Waals surface area (Å²) in [5, 5.41) is 0. The third kappa shape index (κ3) is 2.82. The van der Waals surface area contributed by atoms with Crippen LogP contribution in [0.5, 0.6) is 0 Å². The van der Waals surface area contributed by atoms with Crippen LogP contribution in [0.3, 0.4) is 0 Å². The summed E-state index contributed by atoms with van der Waals surface area (Å²) in [6.45, 7) is 10.7. The van der Waals surface area contributed by atoms with Crippen LogP contribution in [0.4, 0.5) is 13.2 Å². The summed E-state index contributed by atoms with van der Waals surface area (Å²) in [5.41, 5.74) is -0.130. The first-order chi connectivity index (χ1) is 13.0. The van der Waals surface area contributed by atoms with Crippen LogP contribution in [0, 0.1) is 58.2 Å². The zero-order valence-electron chi connectivity index (χ0n) is 18.1. The lowest BCUT2D eigenvalue weighted by Gasteiger charge is -2.60. The van der Waals surface area contributed by atoms with E-state index in [4.69, 9.17) is 0 Å². The van der Waals surface area contributed by atoms with Gasteiger partial charge in [-0.05, 0) is 91.3 Å². The number of hydrogen-bond acceptors (Lipinski definition) is 1. The van der Waals surface area contributed by atoms with Crippen LogP contribution in [0.1, 0.15) is 79.6 Å². The van der Waals surface area contributed by atoms with Gasteiger partial charge in [-0.1, -0.05) is 34.1 Å². The second-order valence-electron chi connectivity index (χ2n) is 11.3. The molecule has 10 atom stereocenters. The molecule has 160 valence electrons. The zero-order chi connectivity index (χ0) is 20.6. The van der Waals surface area contributed by atoms with Crippen LogP contribution in [0.25, 0.3) is 0 Å². The molecule has 0 radical (unpaired) electrons. The van der Waals surface area contributed by atoms with E-state index in [2.05, 4.69) is 27.7 Å². The molecular weight excluding hydrogens is 361 g/mol. The molecule has 4 aliphatic rings. The Hall–Kier alpha value is -0.540. The standard InChI is InChI=1S/C24H37F3O/c1-6-10-22(4)15(12-24(25,26)27)7-8-16-17(22)9-11-23(5)20(14(3)28)18-13(2)19(18)21(16)23/h13,15-21H,6-12H2,1-5H3/t13-,15?,16?,17?,18?,19?,20+,21?,22?,23?/m1/s1. The van der Waals surface area contributed by atoms with Gasteiger partial charge in [0, 0.05) is 12.3 Å². The first-order valence-electron chi connectivity index (χ1n) is 11.5. The average molecular weight is 399 g/mol. The molecule has 0 saturated heterocycles. The molecule has 8 unspecified atom stereocenters. The molecule has 4 saturated carbocycles. The molecule has 0 aromatic heterocycles. The average Bonchev–Trinajstić information content (AvgIpc) is 3.07. The van der Waals surface area contributed by atoms with Crippen molar-refractivity contribution in [1.29, 1.82) is 0 Å². The topological polar surface area (TPSA) is 17.1 Å². The van der Waals surface area contributed by atoms with Gasteiger partial charge in [0.05, 0.1) is 0 Å². The van der Waals surface area contributed by atoms with E-state index >= 15 is 0 Å². The highest BCUT2D eigenvalue weighted by molar-refractivity contribution is 5.81. The van der Waals surface area contributed by atoms with E-state index in [0.717, 1.165) is 32.1 Å². The number of alkyl halides is 3. The van der Waals surface area contributed by atoms with Gasteiger partial charge in [0.2, 0.25) is 0 Å². The minimum Gasteiger partial charge on any atom is -0.300 e. The van der Waals surface area contributed by atoms with E-state index < -0.39 is 12.6 Å². The van der Waals surface area contributed by atoms with E-state index in [-0.39, 0.29) is 22.7 Å². The maximum absolute atomic E-state index is 13.3. The van der Waals surface area contributed by atoms with Gasteiger partial charge >= 0.3 is 6.18 Å². The van der Waals surface area contributed by atoms with Crippen molar-refractivity contribution >= 4 is 5.78 Å². The molecule has 4 fully saturated rings. The van der Waals surface area contributed by atoms with Crippen molar-refractivity contribution in [3.63, 3.8) is 0 Å². The number of halogens is 3. The van der Waals surface area contributed by atoms with E-state index in [9.17, 15) is 18.0 Å². The second-order valence-corrected chi connectivity index (χ2v) is 11.3. The van der Waals surface area contributed by atoms with Gasteiger partial charge in [0.1, 0.15) is 5.78 Å². The number of hydrogen-bond donors (Lipinski definition) is 0. The number of ketones is 1. The minimum atomic E-state index is -4.07. The Bertz CT molecular complexity index is 642. The largest absolute Gasteiger partial charge is 0.389 e. The smallest absolute Gasteiger partial charge is 0.300 e. The Balaban J connectivity index is 1.67. The van der Waals surface area contributed by atoms with Gasteiger partial charge in [-0.25, -0.2) is 0 Å². The van der Waals surface area contributed by atoms with Crippen LogP contribution in [-0.4, -0.2) is 12.0 Å². The lowest BCUT2D eigenvalue weighted by atomic mass is 9.44. The predicted octanol–water partition coefficient (Wildman–Crippen LogP) is 6.90. The highest BCUT2D eigenvalue weighted by atomic mass is 19.4. The molecular formula is C24H37F3O. The van der Waals surface area contributed by atoms with Gasteiger partial charge < -0.3 is 0 Å². The highest BCUT2D eigenvalue weighted by Crippen LogP contribution is 2.77. The molecule has 4 aliphatic carbocycles. The maximum atomic E-state index is 13.3. The van der Waals surface area contributed by atoms with Gasteiger partial charge in [-0.15, -0.1) is 0 Å². The summed E-state index contributed by atoms with van der Waals surface area (Å²) >= 11 is 0. The van der Waals surface area contributed by atoms with Crippen LogP contribution in [-0.2, 0) is 4.79 Å². The lowest BCUT2D eigenvalue weighted by molar-refractivity contribution is -0.180. The summed E-state index contributed by atoms with van der Waals surface area (Å²) in [7, 11) is 0. The summed E-state index contributed by atoms with van der Waals surface area (Å²) in [6.07, 6.45) is 0.853. The van der Waals surface area contributed by atoms with Gasteiger partial charge in [-0.2, -0.15) is 13.2 Å². The maximum Gasteiger partial charge on any atom is 0.389 e. The predicted molar refractivity (Wildman–Crippen MR) is 105 cm³/mol. The molecule has 0 spiro atoms. The molecule has 4 heteroatoms. The molecule has 4 rings (SSSR count). The number of Topliss-reactive ketones (excluding diaryl/α,β-unsaturated/α-hetero) is 1. The van der Waals surface area contributed by atoms with E-state index in [0.29, 0.717) is 47.7 Å². The van der Waals surface area contributed by atoms with Crippen LogP contribution in [0.2, 0.25) is 0 Å². The second kappa shape index (κ2) is 6.48. The summed E-state index contributed by atoms with van der Waals surface area (Å²) in [6, 6.07) is 0. The molecule has 1 nitrogen and oxygen atoms in total. The molecule has 0 heterocycles. The van der Waals surface area contributed by atoms with Gasteiger partial charge in [0.25, 0.3) is 0 Å². The van der Waals surface area contributed by atoms with Crippen molar-refractivity contribution in [1.82, 2.24) is 0 Å². The number of carbonyl (C=O) groups is 1. The Morgan fingerprint density at radius 1 is 1.11 bits per heavy atom. The highest BCUT2D eigenvalue weighted by Gasteiger charge is 2.74. The van der Waals surface area contributed by atoms with E-state index in [1.54, 1.807) is 6.92 Å². The number of fused-ring (bicyclic) bond motifs is 5. The van der Waals surface area contributed by atoms with E-state index in [1.165, 1.54) is 0 Å². The van der Waals surface area contributed by atoms with Crippen molar-refractivity contribution in [3.8, 4) is 0 Å². The zero-order valence-corrected chi connectivity index (χ0v) is 18.1. The van der Waals surface area contributed by atoms with Crippen molar-refractivity contribution in [2.24, 2.45) is 58.2 Å². The lowest BCUT2D eigenvalue weighted by Crippen LogP contribution is -2.54. The Morgan fingerprint density at radius 3 is 2.36 bits per heavy atom. The fraction of sp³-hybridized carbons (Fsp3) is 0.958. The SMILES string of the molecule is CCCC1(C)C(CC(F)(F)F)CCC2C1CCC1(C)C2C2C([C@H]2C)[C@@H]1C(C)=O. The van der Waals surface area contributed by atoms with Crippen molar-refractivity contribution in [2.45, 2.75) is 85.7 Å². The summed E-state index contributed by atoms with van der Waals surface area (Å²) < 4.78 is 40.0. The van der Waals surface area contributed by atoms with Crippen molar-refractivity contribution in [3.05, 3.63) is 0 Å². The van der Waals surface area contributed by atoms with Crippen molar-refractivity contribution < 1.29 is 18.0 Å². The van der Waals surface area contributed by atoms with E-state index in [1.807, 2.05) is 0 Å². The third-order valence-electron chi connectivity index (χ3n) is 10.1. The molecule has 0 bridgehead atoms. The molecule has 0 aromatic rings. The van der Waals surface area contributed by atoms with Crippen LogP contribution >= 0.6 is 0 Å². The summed E-state index contributed by atoms with van der Waals surface area (Å²) in [5.74, 6) is 3.55. The Labute approximate surface area is 168 Å². The fourth-order valence-corrected chi connectivity index (χ4v) is 9.24. The first-order valence-corrected chi connectivity index (χ1v) is 11.5. The minimum absolute atomic E-state index is 0.0822. The van der Waals surface area contributed by atoms with Gasteiger partial charge in [-0.3, -0.25) is 4.79 Å². The Kier molecular flexibility index (Phi) is 4.79. The van der Waals surface area contributed by atoms with Crippen LogP contribution < -0.4 is 0 Å². The molecule has 0 N–H and O–H groups in total. The monoisotopic (exact) mass is 398 g/mol. The van der Waals surface area contributed by atoms with Crippen LogP contribution in [0.15, 0.2) is 0 Å². The number of rotatable bonds is 4. The normalized spacial score (nSPS) is 52.6. The molecule has 0 aromatic carbocycles. The van der Waals surface area contributed by atoms with Crippen molar-refractivity contribution in [2.75, 3.05) is 0 Å². The Morgan fingerprint density at radius 2 is 1.79 bits per heavy atom. The molecule has 28 heavy (non-hydrogen) atoms. The molecule has 0 amide bonds. The quantitative estimate of drug-likeness (QED) is 0.503. The fourth-order valence-electron chi connectivity index (χ4n) is 9.24. The number of carbonyl (C=O) groups excluding carboxylic acids is 1.